The molecule has 128 valence electrons. The molecule has 2 atom stereocenters. The first-order chi connectivity index (χ1) is 10.7. The largest absolute Gasteiger partial charge is 0.338 e. The number of nitrogens with zero attached hydrogens (tertiary/aromatic N) is 1. The summed E-state index contributed by atoms with van der Waals surface area (Å²) in [6.07, 6.45) is 0.558. The van der Waals surface area contributed by atoms with Crippen molar-refractivity contribution in [3.05, 3.63) is 29.3 Å². The van der Waals surface area contributed by atoms with Crippen LogP contribution in [0.2, 0.25) is 0 Å². The number of benzene rings is 1. The van der Waals surface area contributed by atoms with E-state index in [1.807, 2.05) is 19.9 Å². The number of amides is 1. The molecule has 1 aromatic carbocycles. The number of sulfone groups is 1. The van der Waals surface area contributed by atoms with E-state index in [4.69, 9.17) is 0 Å². The summed E-state index contributed by atoms with van der Waals surface area (Å²) in [6.45, 7) is 8.49. The topological polar surface area (TPSA) is 54.5 Å². The van der Waals surface area contributed by atoms with Crippen molar-refractivity contribution in [3.63, 3.8) is 0 Å². The number of rotatable bonds is 5. The molecule has 1 heterocycles. The van der Waals surface area contributed by atoms with Gasteiger partial charge in [0.05, 0.1) is 16.8 Å². The van der Waals surface area contributed by atoms with Crippen molar-refractivity contribution in [2.24, 2.45) is 0 Å². The number of hydrogen-bond donors (Lipinski definition) is 0. The zero-order valence-corrected chi connectivity index (χ0v) is 15.8. The van der Waals surface area contributed by atoms with Crippen LogP contribution in [0.5, 0.6) is 0 Å². The maximum atomic E-state index is 12.7. The van der Waals surface area contributed by atoms with Gasteiger partial charge in [0.2, 0.25) is 5.91 Å². The van der Waals surface area contributed by atoms with Gasteiger partial charge in [-0.05, 0) is 57.4 Å². The van der Waals surface area contributed by atoms with E-state index in [-0.39, 0.29) is 28.7 Å². The molecule has 0 bridgehead atoms. The van der Waals surface area contributed by atoms with Gasteiger partial charge >= 0.3 is 0 Å². The van der Waals surface area contributed by atoms with Crippen molar-refractivity contribution >= 4 is 27.5 Å². The Kier molecular flexibility index (Phi) is 5.79. The van der Waals surface area contributed by atoms with Gasteiger partial charge in [-0.3, -0.25) is 4.79 Å². The van der Waals surface area contributed by atoms with Crippen molar-refractivity contribution in [3.8, 4) is 0 Å². The molecule has 1 aliphatic heterocycles. The summed E-state index contributed by atoms with van der Waals surface area (Å²) >= 11 is 1.54. The first kappa shape index (κ1) is 18.3. The number of carbonyl (C=O) groups excluding carboxylic acids is 1. The molecular weight excluding hydrogens is 330 g/mol. The third kappa shape index (κ3) is 4.51. The standard InChI is InChI=1S/C17H25NO3S2/c1-5-18(15-8-9-23(20,21)11-15)17(19)14(4)22-16-7-6-12(2)13(3)10-16/h6-7,10,14-15H,5,8-9,11H2,1-4H3/t14-,15-/m1/s1. The van der Waals surface area contributed by atoms with Gasteiger partial charge in [-0.25, -0.2) is 8.42 Å². The van der Waals surface area contributed by atoms with Crippen LogP contribution in [0.4, 0.5) is 0 Å². The molecule has 6 heteroatoms. The molecule has 23 heavy (non-hydrogen) atoms. The zero-order valence-electron chi connectivity index (χ0n) is 14.2. The smallest absolute Gasteiger partial charge is 0.236 e. The molecule has 0 aromatic heterocycles. The van der Waals surface area contributed by atoms with Crippen LogP contribution in [0.1, 0.15) is 31.4 Å². The average molecular weight is 356 g/mol. The quantitative estimate of drug-likeness (QED) is 0.762. The van der Waals surface area contributed by atoms with Gasteiger partial charge in [0.1, 0.15) is 0 Å². The first-order valence-corrected chi connectivity index (χ1v) is 10.7. The van der Waals surface area contributed by atoms with Crippen LogP contribution in [0.15, 0.2) is 23.1 Å². The highest BCUT2D eigenvalue weighted by Crippen LogP contribution is 2.28. The van der Waals surface area contributed by atoms with Crippen molar-refractivity contribution in [1.82, 2.24) is 4.90 Å². The fraction of sp³-hybridized carbons (Fsp3) is 0.588. The van der Waals surface area contributed by atoms with Crippen LogP contribution >= 0.6 is 11.8 Å². The van der Waals surface area contributed by atoms with Crippen LogP contribution in [-0.2, 0) is 14.6 Å². The molecule has 1 amide bonds. The van der Waals surface area contributed by atoms with Gasteiger partial charge in [-0.2, -0.15) is 0 Å². The lowest BCUT2D eigenvalue weighted by Gasteiger charge is -2.29. The second-order valence-electron chi connectivity index (χ2n) is 6.19. The summed E-state index contributed by atoms with van der Waals surface area (Å²) in [5.74, 6) is 0.325. The fourth-order valence-electron chi connectivity index (χ4n) is 2.89. The number of aryl methyl sites for hydroxylation is 2. The third-order valence-electron chi connectivity index (χ3n) is 4.41. The van der Waals surface area contributed by atoms with Gasteiger partial charge in [0, 0.05) is 17.5 Å². The molecule has 0 radical (unpaired) electrons. The van der Waals surface area contributed by atoms with Crippen LogP contribution in [-0.4, -0.2) is 48.6 Å². The minimum absolute atomic E-state index is 0.0258. The van der Waals surface area contributed by atoms with Crippen molar-refractivity contribution < 1.29 is 13.2 Å². The maximum absolute atomic E-state index is 12.7. The molecule has 1 aliphatic rings. The Morgan fingerprint density at radius 2 is 2.04 bits per heavy atom. The van der Waals surface area contributed by atoms with Crippen molar-refractivity contribution in [2.45, 2.75) is 50.3 Å². The highest BCUT2D eigenvalue weighted by atomic mass is 32.2. The molecule has 1 fully saturated rings. The minimum Gasteiger partial charge on any atom is -0.338 e. The van der Waals surface area contributed by atoms with Crippen molar-refractivity contribution in [2.75, 3.05) is 18.1 Å². The Morgan fingerprint density at radius 3 is 2.57 bits per heavy atom. The second kappa shape index (κ2) is 7.26. The van der Waals surface area contributed by atoms with E-state index in [0.717, 1.165) is 4.90 Å². The van der Waals surface area contributed by atoms with Gasteiger partial charge in [-0.15, -0.1) is 11.8 Å². The Hall–Kier alpha value is -1.01. The van der Waals surface area contributed by atoms with E-state index in [9.17, 15) is 13.2 Å². The molecule has 1 aromatic rings. The molecule has 2 rings (SSSR count). The van der Waals surface area contributed by atoms with E-state index < -0.39 is 9.84 Å². The molecule has 1 saturated heterocycles. The van der Waals surface area contributed by atoms with Gasteiger partial charge < -0.3 is 4.90 Å². The van der Waals surface area contributed by atoms with Crippen LogP contribution in [0, 0.1) is 13.8 Å². The van der Waals surface area contributed by atoms with Crippen LogP contribution in [0.3, 0.4) is 0 Å². The lowest BCUT2D eigenvalue weighted by atomic mass is 10.1. The van der Waals surface area contributed by atoms with Crippen LogP contribution in [0.25, 0.3) is 0 Å². The molecule has 0 saturated carbocycles. The second-order valence-corrected chi connectivity index (χ2v) is 9.83. The predicted octanol–water partition coefficient (Wildman–Crippen LogP) is 2.82. The summed E-state index contributed by atoms with van der Waals surface area (Å²) in [6, 6.07) is 6.03. The highest BCUT2D eigenvalue weighted by Gasteiger charge is 2.35. The van der Waals surface area contributed by atoms with E-state index in [2.05, 4.69) is 26.0 Å². The highest BCUT2D eigenvalue weighted by molar-refractivity contribution is 8.00. The van der Waals surface area contributed by atoms with E-state index in [1.54, 1.807) is 4.90 Å². The van der Waals surface area contributed by atoms with Gasteiger partial charge in [-0.1, -0.05) is 6.07 Å². The Morgan fingerprint density at radius 1 is 1.35 bits per heavy atom. The SMILES string of the molecule is CCN(C(=O)[C@@H](C)Sc1ccc(C)c(C)c1)[C@@H]1CCS(=O)(=O)C1. The Bertz CT molecular complexity index is 685. The summed E-state index contributed by atoms with van der Waals surface area (Å²) in [5, 5.41) is -0.222. The lowest BCUT2D eigenvalue weighted by molar-refractivity contribution is -0.131. The third-order valence-corrected chi connectivity index (χ3v) is 7.24. The number of carbonyl (C=O) groups is 1. The summed E-state index contributed by atoms with van der Waals surface area (Å²) in [4.78, 5) is 15.6. The van der Waals surface area contributed by atoms with Crippen molar-refractivity contribution in [1.29, 1.82) is 0 Å². The monoisotopic (exact) mass is 355 g/mol. The molecule has 0 spiro atoms. The number of thioether (sulfide) groups is 1. The van der Waals surface area contributed by atoms with Gasteiger partial charge in [0.25, 0.3) is 0 Å². The zero-order chi connectivity index (χ0) is 17.2. The minimum atomic E-state index is -2.98. The summed E-state index contributed by atoms with van der Waals surface area (Å²) < 4.78 is 23.3. The number of hydrogen-bond acceptors (Lipinski definition) is 4. The Labute approximate surface area is 143 Å². The molecule has 4 nitrogen and oxygen atoms in total. The maximum Gasteiger partial charge on any atom is 0.236 e. The normalized spacial score (nSPS) is 21.1. The van der Waals surface area contributed by atoms with E-state index in [0.29, 0.717) is 13.0 Å². The first-order valence-electron chi connectivity index (χ1n) is 7.98. The molecule has 0 unspecified atom stereocenters. The fourth-order valence-corrected chi connectivity index (χ4v) is 5.66. The predicted molar refractivity (Wildman–Crippen MR) is 95.7 cm³/mol. The molecule has 0 aliphatic carbocycles. The van der Waals surface area contributed by atoms with E-state index >= 15 is 0 Å². The Balaban J connectivity index is 2.06. The van der Waals surface area contributed by atoms with Crippen LogP contribution < -0.4 is 0 Å². The molecule has 0 N–H and O–H groups in total. The lowest BCUT2D eigenvalue weighted by Crippen LogP contribution is -2.44. The summed E-state index contributed by atoms with van der Waals surface area (Å²) in [5.41, 5.74) is 2.45. The average Bonchev–Trinajstić information content (AvgIpc) is 2.83. The van der Waals surface area contributed by atoms with Gasteiger partial charge in [0.15, 0.2) is 9.84 Å². The summed E-state index contributed by atoms with van der Waals surface area (Å²) in [7, 11) is -2.98. The van der Waals surface area contributed by atoms with E-state index in [1.165, 1.54) is 22.9 Å². The molecular formula is C17H25NO3S2.